The summed E-state index contributed by atoms with van der Waals surface area (Å²) in [6.07, 6.45) is 6.31. The first-order valence-corrected chi connectivity index (χ1v) is 12.3. The quantitative estimate of drug-likeness (QED) is 0.636. The Morgan fingerprint density at radius 1 is 1.23 bits per heavy atom. The van der Waals surface area contributed by atoms with Gasteiger partial charge in [-0.15, -0.1) is 0 Å². The molecule has 10 heteroatoms. The Bertz CT molecular complexity index is 788. The third-order valence-corrected chi connectivity index (χ3v) is 7.19. The number of nitrogens with zero attached hydrogens (tertiary/aromatic N) is 3. The number of nitrogens with one attached hydrogen (secondary N) is 1. The van der Waals surface area contributed by atoms with Gasteiger partial charge in [-0.3, -0.25) is 9.69 Å². The molecule has 1 aromatic rings. The molecule has 0 aliphatic carbocycles. The maximum absolute atomic E-state index is 12.4. The zero-order valence-corrected chi connectivity index (χ0v) is 18.6. The third-order valence-electron chi connectivity index (χ3n) is 5.88. The molecule has 168 valence electrons. The van der Waals surface area contributed by atoms with Crippen molar-refractivity contribution in [3.05, 3.63) is 23.9 Å². The molecule has 0 bridgehead atoms. The van der Waals surface area contributed by atoms with Crippen molar-refractivity contribution in [2.75, 3.05) is 52.8 Å². The second kappa shape index (κ2) is 10.5. The van der Waals surface area contributed by atoms with Gasteiger partial charge >= 0.3 is 0 Å². The van der Waals surface area contributed by atoms with E-state index in [1.807, 2.05) is 0 Å². The number of methoxy groups -OCH3 is 1. The normalized spacial score (nSPS) is 19.7. The highest BCUT2D eigenvalue weighted by atomic mass is 32.2. The molecule has 2 saturated heterocycles. The summed E-state index contributed by atoms with van der Waals surface area (Å²) in [5, 5.41) is 2.98. The van der Waals surface area contributed by atoms with Crippen LogP contribution in [-0.4, -0.2) is 93.4 Å². The summed E-state index contributed by atoms with van der Waals surface area (Å²) in [5.41, 5.74) is 0.495. The minimum atomic E-state index is -3.14. The highest BCUT2D eigenvalue weighted by Crippen LogP contribution is 2.24. The van der Waals surface area contributed by atoms with Crippen LogP contribution < -0.4 is 10.1 Å². The number of hydrogen-bond donors (Lipinski definition) is 1. The number of rotatable bonds is 8. The van der Waals surface area contributed by atoms with E-state index in [-0.39, 0.29) is 5.91 Å². The maximum Gasteiger partial charge on any atom is 0.252 e. The van der Waals surface area contributed by atoms with Gasteiger partial charge in [-0.25, -0.2) is 17.7 Å². The average molecular weight is 441 g/mol. The molecule has 2 fully saturated rings. The molecular weight excluding hydrogens is 408 g/mol. The van der Waals surface area contributed by atoms with Gasteiger partial charge in [-0.2, -0.15) is 0 Å². The number of pyridine rings is 1. The van der Waals surface area contributed by atoms with Crippen molar-refractivity contribution in [1.29, 1.82) is 0 Å². The molecular formula is C20H32N4O5S. The lowest BCUT2D eigenvalue weighted by Gasteiger charge is -2.43. The summed E-state index contributed by atoms with van der Waals surface area (Å²) in [6.45, 7) is 3.83. The molecule has 0 aromatic carbocycles. The van der Waals surface area contributed by atoms with Gasteiger partial charge in [0.05, 0.1) is 18.9 Å². The number of amides is 1. The molecule has 1 amide bonds. The summed E-state index contributed by atoms with van der Waals surface area (Å²) < 4.78 is 35.7. The number of ether oxygens (including phenoxy) is 2. The molecule has 1 aromatic heterocycles. The molecule has 3 rings (SSSR count). The van der Waals surface area contributed by atoms with Crippen molar-refractivity contribution >= 4 is 15.9 Å². The zero-order chi connectivity index (χ0) is 21.6. The number of hydrogen-bond acceptors (Lipinski definition) is 7. The van der Waals surface area contributed by atoms with E-state index >= 15 is 0 Å². The van der Waals surface area contributed by atoms with Gasteiger partial charge in [-0.1, -0.05) is 0 Å². The molecule has 1 N–H and O–H groups in total. The Balaban J connectivity index is 1.57. The Labute approximate surface area is 178 Å². The molecule has 0 atom stereocenters. The molecule has 0 unspecified atom stereocenters. The molecule has 2 aliphatic heterocycles. The van der Waals surface area contributed by atoms with E-state index in [0.29, 0.717) is 43.2 Å². The molecule has 2 aliphatic rings. The molecule has 3 heterocycles. The van der Waals surface area contributed by atoms with E-state index in [0.717, 1.165) is 45.4 Å². The second-order valence-corrected chi connectivity index (χ2v) is 9.80. The van der Waals surface area contributed by atoms with Gasteiger partial charge in [0.2, 0.25) is 15.9 Å². The molecule has 0 saturated carbocycles. The standard InChI is InChI=1S/C20H32N4O5S/c1-28-19-4-3-16(15-22-19)20(25)21-9-12-24(18-7-13-29-14-8-18)17-5-10-23(11-6-17)30(2,26)27/h3-4,15,17-18H,5-14H2,1-2H3,(H,21,25). The van der Waals surface area contributed by atoms with Gasteiger partial charge < -0.3 is 14.8 Å². The molecule has 0 spiro atoms. The van der Waals surface area contributed by atoms with Crippen molar-refractivity contribution in [2.24, 2.45) is 0 Å². The lowest BCUT2D eigenvalue weighted by Crippen LogP contribution is -2.53. The van der Waals surface area contributed by atoms with Crippen LogP contribution in [-0.2, 0) is 14.8 Å². The predicted molar refractivity (Wildman–Crippen MR) is 113 cm³/mol. The lowest BCUT2D eigenvalue weighted by atomic mass is 9.98. The molecule has 0 radical (unpaired) electrons. The van der Waals surface area contributed by atoms with Crippen LogP contribution in [0.2, 0.25) is 0 Å². The first kappa shape index (κ1) is 22.9. The zero-order valence-electron chi connectivity index (χ0n) is 17.7. The number of carbonyl (C=O) groups is 1. The number of carbonyl (C=O) groups excluding carboxylic acids is 1. The Morgan fingerprint density at radius 2 is 1.90 bits per heavy atom. The largest absolute Gasteiger partial charge is 0.481 e. The van der Waals surface area contributed by atoms with Gasteiger partial charge in [0.15, 0.2) is 0 Å². The second-order valence-electron chi connectivity index (χ2n) is 7.82. The fraction of sp³-hybridized carbons (Fsp3) is 0.700. The lowest BCUT2D eigenvalue weighted by molar-refractivity contribution is 0.00747. The Hall–Kier alpha value is -1.75. The van der Waals surface area contributed by atoms with Crippen LogP contribution in [0.25, 0.3) is 0 Å². The van der Waals surface area contributed by atoms with Crippen molar-refractivity contribution in [3.63, 3.8) is 0 Å². The monoisotopic (exact) mass is 440 g/mol. The van der Waals surface area contributed by atoms with Crippen molar-refractivity contribution in [1.82, 2.24) is 19.5 Å². The SMILES string of the molecule is COc1ccc(C(=O)NCCN(C2CCOCC2)C2CCN(S(C)(=O)=O)CC2)cn1. The van der Waals surface area contributed by atoms with Crippen LogP contribution in [0.5, 0.6) is 5.88 Å². The van der Waals surface area contributed by atoms with Crippen LogP contribution in [0, 0.1) is 0 Å². The van der Waals surface area contributed by atoms with Crippen molar-refractivity contribution < 1.29 is 22.7 Å². The van der Waals surface area contributed by atoms with E-state index in [9.17, 15) is 13.2 Å². The van der Waals surface area contributed by atoms with Crippen LogP contribution in [0.1, 0.15) is 36.0 Å². The number of piperidine rings is 1. The maximum atomic E-state index is 12.4. The Morgan fingerprint density at radius 3 is 2.47 bits per heavy atom. The van der Waals surface area contributed by atoms with E-state index in [1.54, 1.807) is 16.4 Å². The van der Waals surface area contributed by atoms with Gasteiger partial charge in [0.25, 0.3) is 5.91 Å². The first-order chi connectivity index (χ1) is 14.4. The van der Waals surface area contributed by atoms with Gasteiger partial charge in [-0.05, 0) is 31.7 Å². The fourth-order valence-electron chi connectivity index (χ4n) is 4.22. The first-order valence-electron chi connectivity index (χ1n) is 10.5. The summed E-state index contributed by atoms with van der Waals surface area (Å²) in [5.74, 6) is 0.307. The highest BCUT2D eigenvalue weighted by molar-refractivity contribution is 7.88. The van der Waals surface area contributed by atoms with Gasteiger partial charge in [0, 0.05) is 63.7 Å². The minimum Gasteiger partial charge on any atom is -0.481 e. The van der Waals surface area contributed by atoms with E-state index in [4.69, 9.17) is 9.47 Å². The van der Waals surface area contributed by atoms with Crippen LogP contribution >= 0.6 is 0 Å². The number of aromatic nitrogens is 1. The molecule has 9 nitrogen and oxygen atoms in total. The van der Waals surface area contributed by atoms with Crippen LogP contribution in [0.15, 0.2) is 18.3 Å². The van der Waals surface area contributed by atoms with Crippen LogP contribution in [0.3, 0.4) is 0 Å². The van der Waals surface area contributed by atoms with Gasteiger partial charge in [0.1, 0.15) is 0 Å². The third kappa shape index (κ3) is 6.13. The van der Waals surface area contributed by atoms with Crippen molar-refractivity contribution in [3.8, 4) is 5.88 Å². The van der Waals surface area contributed by atoms with Crippen molar-refractivity contribution in [2.45, 2.75) is 37.8 Å². The van der Waals surface area contributed by atoms with Crippen LogP contribution in [0.4, 0.5) is 0 Å². The summed E-state index contributed by atoms with van der Waals surface area (Å²) in [7, 11) is -1.61. The molecule has 30 heavy (non-hydrogen) atoms. The van der Waals surface area contributed by atoms with E-state index in [2.05, 4.69) is 15.2 Å². The summed E-state index contributed by atoms with van der Waals surface area (Å²) in [6, 6.07) is 4.07. The summed E-state index contributed by atoms with van der Waals surface area (Å²) >= 11 is 0. The number of sulfonamides is 1. The summed E-state index contributed by atoms with van der Waals surface area (Å²) in [4.78, 5) is 19.0. The smallest absolute Gasteiger partial charge is 0.252 e. The predicted octanol–water partition coefficient (Wildman–Crippen LogP) is 0.725. The topological polar surface area (TPSA) is 101 Å². The van der Waals surface area contributed by atoms with E-state index < -0.39 is 10.0 Å². The highest BCUT2D eigenvalue weighted by Gasteiger charge is 2.32. The Kier molecular flexibility index (Phi) is 8.04. The minimum absolute atomic E-state index is 0.163. The fourth-order valence-corrected chi connectivity index (χ4v) is 5.10. The average Bonchev–Trinajstić information content (AvgIpc) is 2.77. The van der Waals surface area contributed by atoms with E-state index in [1.165, 1.54) is 19.6 Å².